The van der Waals surface area contributed by atoms with Gasteiger partial charge in [-0.15, -0.1) is 0 Å². The maximum Gasteiger partial charge on any atom is 0.265 e. The van der Waals surface area contributed by atoms with E-state index in [1.165, 1.54) is 25.3 Å². The molecule has 0 aromatic heterocycles. The van der Waals surface area contributed by atoms with E-state index in [1.54, 1.807) is 0 Å². The number of halogens is 1. The molecule has 5 nitrogen and oxygen atoms in total. The molecular weight excluding hydrogens is 302 g/mol. The Hall–Kier alpha value is -1.27. The van der Waals surface area contributed by atoms with Gasteiger partial charge in [-0.2, -0.15) is 0 Å². The standard InChI is InChI=1S/C13H18ClNO4S/c1-9(2)6-7-15-13(16)10-4-5-11(19-3)12(8-10)20(14,17)18/h4-5,8-9H,6-7H2,1-3H3,(H,15,16). The maximum absolute atomic E-state index is 11.9. The summed E-state index contributed by atoms with van der Waals surface area (Å²) in [5.41, 5.74) is 0.230. The Balaban J connectivity index is 2.95. The first-order valence-electron chi connectivity index (χ1n) is 6.16. The van der Waals surface area contributed by atoms with E-state index in [1.807, 2.05) is 0 Å². The maximum atomic E-state index is 11.9. The Morgan fingerprint density at radius 1 is 1.40 bits per heavy atom. The van der Waals surface area contributed by atoms with Gasteiger partial charge in [0.05, 0.1) is 7.11 Å². The lowest BCUT2D eigenvalue weighted by Crippen LogP contribution is -2.25. The van der Waals surface area contributed by atoms with Gasteiger partial charge in [0.15, 0.2) is 0 Å². The number of carbonyl (C=O) groups excluding carboxylic acids is 1. The normalized spacial score (nSPS) is 11.4. The summed E-state index contributed by atoms with van der Waals surface area (Å²) in [5, 5.41) is 2.73. The first-order chi connectivity index (χ1) is 9.25. The summed E-state index contributed by atoms with van der Waals surface area (Å²) in [4.78, 5) is 11.7. The van der Waals surface area contributed by atoms with E-state index < -0.39 is 9.05 Å². The minimum atomic E-state index is -3.97. The van der Waals surface area contributed by atoms with Crippen LogP contribution in [-0.2, 0) is 9.05 Å². The third-order valence-corrected chi connectivity index (χ3v) is 4.04. The molecular formula is C13H18ClNO4S. The predicted molar refractivity (Wildman–Crippen MR) is 77.8 cm³/mol. The van der Waals surface area contributed by atoms with E-state index >= 15 is 0 Å². The Morgan fingerprint density at radius 3 is 2.55 bits per heavy atom. The molecule has 0 saturated carbocycles. The van der Waals surface area contributed by atoms with E-state index in [9.17, 15) is 13.2 Å². The second kappa shape index (κ2) is 6.95. The molecule has 0 atom stereocenters. The van der Waals surface area contributed by atoms with E-state index in [-0.39, 0.29) is 22.1 Å². The number of ether oxygens (including phenoxy) is 1. The van der Waals surface area contributed by atoms with Crippen molar-refractivity contribution in [1.82, 2.24) is 5.32 Å². The van der Waals surface area contributed by atoms with Crippen LogP contribution in [0.5, 0.6) is 5.75 Å². The van der Waals surface area contributed by atoms with E-state index in [2.05, 4.69) is 19.2 Å². The van der Waals surface area contributed by atoms with Crippen molar-refractivity contribution >= 4 is 25.6 Å². The molecule has 0 radical (unpaired) electrons. The average molecular weight is 320 g/mol. The Bertz CT molecular complexity index is 584. The molecule has 0 aliphatic heterocycles. The minimum absolute atomic E-state index is 0.110. The molecule has 112 valence electrons. The number of rotatable bonds is 6. The average Bonchev–Trinajstić information content (AvgIpc) is 2.36. The fraction of sp³-hybridized carbons (Fsp3) is 0.462. The summed E-state index contributed by atoms with van der Waals surface area (Å²) in [6, 6.07) is 4.12. The molecule has 0 bridgehead atoms. The fourth-order valence-electron chi connectivity index (χ4n) is 1.58. The van der Waals surface area contributed by atoms with Crippen molar-refractivity contribution in [3.05, 3.63) is 23.8 Å². The van der Waals surface area contributed by atoms with Crippen molar-refractivity contribution in [3.63, 3.8) is 0 Å². The number of methoxy groups -OCH3 is 1. The second-order valence-electron chi connectivity index (χ2n) is 4.74. The summed E-state index contributed by atoms with van der Waals surface area (Å²) in [7, 11) is 2.69. The number of benzene rings is 1. The molecule has 1 aromatic rings. The Kier molecular flexibility index (Phi) is 5.83. The third kappa shape index (κ3) is 4.68. The molecule has 1 N–H and O–H groups in total. The van der Waals surface area contributed by atoms with Crippen LogP contribution in [0, 0.1) is 5.92 Å². The number of hydrogen-bond acceptors (Lipinski definition) is 4. The van der Waals surface area contributed by atoms with Crippen LogP contribution in [0.25, 0.3) is 0 Å². The molecule has 1 aromatic carbocycles. The second-order valence-corrected chi connectivity index (χ2v) is 7.28. The topological polar surface area (TPSA) is 72.5 Å². The van der Waals surface area contributed by atoms with Gasteiger partial charge in [0.25, 0.3) is 15.0 Å². The highest BCUT2D eigenvalue weighted by Gasteiger charge is 2.19. The molecule has 0 aliphatic rings. The van der Waals surface area contributed by atoms with Crippen LogP contribution in [0.1, 0.15) is 30.6 Å². The van der Waals surface area contributed by atoms with E-state index in [0.29, 0.717) is 12.5 Å². The first kappa shape index (κ1) is 16.8. The van der Waals surface area contributed by atoms with E-state index in [0.717, 1.165) is 6.42 Å². The van der Waals surface area contributed by atoms with Crippen LogP contribution in [0.15, 0.2) is 23.1 Å². The largest absolute Gasteiger partial charge is 0.495 e. The Morgan fingerprint density at radius 2 is 2.05 bits per heavy atom. The minimum Gasteiger partial charge on any atom is -0.495 e. The van der Waals surface area contributed by atoms with Gasteiger partial charge in [0, 0.05) is 22.8 Å². The van der Waals surface area contributed by atoms with Gasteiger partial charge in [-0.25, -0.2) is 8.42 Å². The molecule has 0 fully saturated rings. The van der Waals surface area contributed by atoms with Crippen molar-refractivity contribution in [1.29, 1.82) is 0 Å². The quantitative estimate of drug-likeness (QED) is 0.817. The zero-order chi connectivity index (χ0) is 15.3. The summed E-state index contributed by atoms with van der Waals surface area (Å²) < 4.78 is 27.8. The van der Waals surface area contributed by atoms with Crippen LogP contribution >= 0.6 is 10.7 Å². The lowest BCUT2D eigenvalue weighted by Gasteiger charge is -2.10. The molecule has 0 spiro atoms. The van der Waals surface area contributed by atoms with Crippen molar-refractivity contribution in [2.75, 3.05) is 13.7 Å². The first-order valence-corrected chi connectivity index (χ1v) is 8.47. The summed E-state index contributed by atoms with van der Waals surface area (Å²) in [6.45, 7) is 4.64. The highest BCUT2D eigenvalue weighted by atomic mass is 35.7. The van der Waals surface area contributed by atoms with Gasteiger partial charge in [-0.05, 0) is 30.5 Å². The number of carbonyl (C=O) groups is 1. The summed E-state index contributed by atoms with van der Waals surface area (Å²) in [6.07, 6.45) is 0.850. The molecule has 20 heavy (non-hydrogen) atoms. The number of amides is 1. The molecule has 0 aliphatic carbocycles. The highest BCUT2D eigenvalue weighted by Crippen LogP contribution is 2.27. The molecule has 1 amide bonds. The van der Waals surface area contributed by atoms with Gasteiger partial charge >= 0.3 is 0 Å². The number of hydrogen-bond donors (Lipinski definition) is 1. The van der Waals surface area contributed by atoms with E-state index in [4.69, 9.17) is 15.4 Å². The van der Waals surface area contributed by atoms with Crippen LogP contribution in [0.4, 0.5) is 0 Å². The zero-order valence-corrected chi connectivity index (χ0v) is 13.2. The molecule has 7 heteroatoms. The summed E-state index contributed by atoms with van der Waals surface area (Å²) in [5.74, 6) is 0.249. The van der Waals surface area contributed by atoms with Gasteiger partial charge in [0.1, 0.15) is 10.6 Å². The van der Waals surface area contributed by atoms with Gasteiger partial charge in [0.2, 0.25) is 0 Å². The molecule has 1 rings (SSSR count). The van der Waals surface area contributed by atoms with Gasteiger partial charge in [-0.3, -0.25) is 4.79 Å². The summed E-state index contributed by atoms with van der Waals surface area (Å²) >= 11 is 0. The van der Waals surface area contributed by atoms with Gasteiger partial charge in [-0.1, -0.05) is 13.8 Å². The number of nitrogens with one attached hydrogen (secondary N) is 1. The molecule has 0 heterocycles. The molecule has 0 saturated heterocycles. The van der Waals surface area contributed by atoms with Crippen molar-refractivity contribution < 1.29 is 17.9 Å². The predicted octanol–water partition coefficient (Wildman–Crippen LogP) is 2.40. The van der Waals surface area contributed by atoms with Crippen LogP contribution in [-0.4, -0.2) is 28.0 Å². The lowest BCUT2D eigenvalue weighted by molar-refractivity contribution is 0.0951. The van der Waals surface area contributed by atoms with Crippen LogP contribution in [0.2, 0.25) is 0 Å². The fourth-order valence-corrected chi connectivity index (χ4v) is 2.61. The third-order valence-electron chi connectivity index (χ3n) is 2.70. The SMILES string of the molecule is COc1ccc(C(=O)NCCC(C)C)cc1S(=O)(=O)Cl. The Labute approximate surface area is 123 Å². The van der Waals surface area contributed by atoms with Gasteiger partial charge < -0.3 is 10.1 Å². The van der Waals surface area contributed by atoms with Crippen molar-refractivity contribution in [2.45, 2.75) is 25.2 Å². The zero-order valence-electron chi connectivity index (χ0n) is 11.6. The smallest absolute Gasteiger partial charge is 0.265 e. The molecule has 0 unspecified atom stereocenters. The lowest BCUT2D eigenvalue weighted by atomic mass is 10.1. The van der Waals surface area contributed by atoms with Crippen molar-refractivity contribution in [2.24, 2.45) is 5.92 Å². The van der Waals surface area contributed by atoms with Crippen LogP contribution < -0.4 is 10.1 Å². The highest BCUT2D eigenvalue weighted by molar-refractivity contribution is 8.13. The van der Waals surface area contributed by atoms with Crippen molar-refractivity contribution in [3.8, 4) is 5.75 Å². The monoisotopic (exact) mass is 319 g/mol. The van der Waals surface area contributed by atoms with Crippen LogP contribution in [0.3, 0.4) is 0 Å².